The van der Waals surface area contributed by atoms with E-state index in [4.69, 9.17) is 11.6 Å². The standard InChI is InChI=1S/C10H16ClN3/c1-4-14(7-8(2)3)10-9(11)12-5-6-13-10/h5-6,8H,4,7H2,1-3H3. The maximum atomic E-state index is 5.97. The maximum absolute atomic E-state index is 5.97. The number of nitrogens with zero attached hydrogens (tertiary/aromatic N) is 3. The predicted molar refractivity (Wildman–Crippen MR) is 59.8 cm³/mol. The summed E-state index contributed by atoms with van der Waals surface area (Å²) in [5.74, 6) is 1.37. The van der Waals surface area contributed by atoms with Gasteiger partial charge >= 0.3 is 0 Å². The summed E-state index contributed by atoms with van der Waals surface area (Å²) >= 11 is 5.97. The monoisotopic (exact) mass is 213 g/mol. The summed E-state index contributed by atoms with van der Waals surface area (Å²) in [6.07, 6.45) is 3.28. The minimum absolute atomic E-state index is 0.481. The van der Waals surface area contributed by atoms with E-state index < -0.39 is 0 Å². The number of anilines is 1. The zero-order valence-corrected chi connectivity index (χ0v) is 9.62. The average Bonchev–Trinajstić information content (AvgIpc) is 2.15. The van der Waals surface area contributed by atoms with E-state index in [0.29, 0.717) is 11.1 Å². The van der Waals surface area contributed by atoms with Gasteiger partial charge in [-0.05, 0) is 12.8 Å². The van der Waals surface area contributed by atoms with Gasteiger partial charge in [-0.2, -0.15) is 0 Å². The van der Waals surface area contributed by atoms with Crippen LogP contribution in [0.4, 0.5) is 5.82 Å². The third kappa shape index (κ3) is 2.84. The van der Waals surface area contributed by atoms with Gasteiger partial charge in [-0.25, -0.2) is 9.97 Å². The van der Waals surface area contributed by atoms with Gasteiger partial charge in [0.05, 0.1) is 0 Å². The lowest BCUT2D eigenvalue weighted by Crippen LogP contribution is -2.28. The highest BCUT2D eigenvalue weighted by molar-refractivity contribution is 6.31. The quantitative estimate of drug-likeness (QED) is 0.770. The molecule has 1 aromatic rings. The minimum Gasteiger partial charge on any atom is -0.354 e. The van der Waals surface area contributed by atoms with Crippen LogP contribution in [0.1, 0.15) is 20.8 Å². The minimum atomic E-state index is 0.481. The zero-order chi connectivity index (χ0) is 10.6. The van der Waals surface area contributed by atoms with Crippen LogP contribution in [0.15, 0.2) is 12.4 Å². The van der Waals surface area contributed by atoms with Gasteiger partial charge in [-0.1, -0.05) is 25.4 Å². The van der Waals surface area contributed by atoms with E-state index >= 15 is 0 Å². The van der Waals surface area contributed by atoms with Crippen molar-refractivity contribution >= 4 is 17.4 Å². The van der Waals surface area contributed by atoms with Crippen molar-refractivity contribution in [1.82, 2.24) is 9.97 Å². The fourth-order valence-corrected chi connectivity index (χ4v) is 1.56. The summed E-state index contributed by atoms with van der Waals surface area (Å²) in [6, 6.07) is 0. The van der Waals surface area contributed by atoms with Crippen LogP contribution < -0.4 is 4.90 Å². The van der Waals surface area contributed by atoms with Gasteiger partial charge in [0.15, 0.2) is 11.0 Å². The molecule has 0 saturated carbocycles. The topological polar surface area (TPSA) is 29.0 Å². The second kappa shape index (κ2) is 5.15. The smallest absolute Gasteiger partial charge is 0.171 e. The van der Waals surface area contributed by atoms with Crippen molar-refractivity contribution in [2.45, 2.75) is 20.8 Å². The Kier molecular flexibility index (Phi) is 4.14. The molecule has 0 amide bonds. The molecule has 1 rings (SSSR count). The third-order valence-corrected chi connectivity index (χ3v) is 2.17. The molecule has 3 nitrogen and oxygen atoms in total. The molecule has 14 heavy (non-hydrogen) atoms. The summed E-state index contributed by atoms with van der Waals surface area (Å²) in [5, 5.41) is 0.481. The van der Waals surface area contributed by atoms with Crippen molar-refractivity contribution < 1.29 is 0 Å². The molecule has 0 aliphatic carbocycles. The van der Waals surface area contributed by atoms with E-state index in [-0.39, 0.29) is 0 Å². The van der Waals surface area contributed by atoms with Crippen molar-refractivity contribution in [3.63, 3.8) is 0 Å². The summed E-state index contributed by atoms with van der Waals surface area (Å²) in [7, 11) is 0. The van der Waals surface area contributed by atoms with Crippen LogP contribution in [0.25, 0.3) is 0 Å². The zero-order valence-electron chi connectivity index (χ0n) is 8.87. The molecule has 0 saturated heterocycles. The molecular weight excluding hydrogens is 198 g/mol. The van der Waals surface area contributed by atoms with Crippen molar-refractivity contribution in [3.05, 3.63) is 17.5 Å². The predicted octanol–water partition coefficient (Wildman–Crippen LogP) is 2.61. The van der Waals surface area contributed by atoms with E-state index in [1.807, 2.05) is 0 Å². The molecule has 1 aromatic heterocycles. The number of aromatic nitrogens is 2. The van der Waals surface area contributed by atoms with Gasteiger partial charge in [-0.3, -0.25) is 0 Å². The van der Waals surface area contributed by atoms with Crippen LogP contribution in [0.2, 0.25) is 5.15 Å². The molecule has 0 N–H and O–H groups in total. The molecule has 1 heterocycles. The fraction of sp³-hybridized carbons (Fsp3) is 0.600. The first-order valence-electron chi connectivity index (χ1n) is 4.86. The lowest BCUT2D eigenvalue weighted by molar-refractivity contribution is 0.614. The highest BCUT2D eigenvalue weighted by Crippen LogP contribution is 2.20. The SMILES string of the molecule is CCN(CC(C)C)c1nccnc1Cl. The normalized spacial score (nSPS) is 10.6. The number of hydrogen-bond acceptors (Lipinski definition) is 3. The van der Waals surface area contributed by atoms with Crippen LogP contribution in [0, 0.1) is 5.92 Å². The number of hydrogen-bond donors (Lipinski definition) is 0. The Bertz CT molecular complexity index is 288. The van der Waals surface area contributed by atoms with E-state index in [1.165, 1.54) is 0 Å². The first kappa shape index (κ1) is 11.2. The molecule has 0 fully saturated rings. The lowest BCUT2D eigenvalue weighted by atomic mass is 10.2. The number of rotatable bonds is 4. The molecule has 0 spiro atoms. The Labute approximate surface area is 90.1 Å². The second-order valence-corrected chi connectivity index (χ2v) is 3.96. The van der Waals surface area contributed by atoms with Crippen LogP contribution >= 0.6 is 11.6 Å². The van der Waals surface area contributed by atoms with Gasteiger partial charge in [-0.15, -0.1) is 0 Å². The van der Waals surface area contributed by atoms with Crippen molar-refractivity contribution in [1.29, 1.82) is 0 Å². The molecule has 78 valence electrons. The van der Waals surface area contributed by atoms with E-state index in [2.05, 4.69) is 35.6 Å². The summed E-state index contributed by atoms with van der Waals surface area (Å²) < 4.78 is 0. The van der Waals surface area contributed by atoms with Gasteiger partial charge in [0, 0.05) is 25.5 Å². The molecule has 0 unspecified atom stereocenters. The summed E-state index contributed by atoms with van der Waals surface area (Å²) in [4.78, 5) is 10.4. The lowest BCUT2D eigenvalue weighted by Gasteiger charge is -2.24. The van der Waals surface area contributed by atoms with Gasteiger partial charge < -0.3 is 4.90 Å². The molecule has 0 bridgehead atoms. The molecule has 4 heteroatoms. The fourth-order valence-electron chi connectivity index (χ4n) is 1.33. The van der Waals surface area contributed by atoms with Gasteiger partial charge in [0.25, 0.3) is 0 Å². The molecular formula is C10H16ClN3. The maximum Gasteiger partial charge on any atom is 0.171 e. The largest absolute Gasteiger partial charge is 0.354 e. The third-order valence-electron chi connectivity index (χ3n) is 1.90. The summed E-state index contributed by atoms with van der Waals surface area (Å²) in [6.45, 7) is 8.29. The highest BCUT2D eigenvalue weighted by atomic mass is 35.5. The van der Waals surface area contributed by atoms with E-state index in [9.17, 15) is 0 Å². The highest BCUT2D eigenvalue weighted by Gasteiger charge is 2.11. The molecule has 0 aliphatic heterocycles. The number of halogens is 1. The van der Waals surface area contributed by atoms with Crippen molar-refractivity contribution in [2.24, 2.45) is 5.92 Å². The van der Waals surface area contributed by atoms with Crippen LogP contribution in [-0.4, -0.2) is 23.1 Å². The first-order valence-corrected chi connectivity index (χ1v) is 5.24. The Morgan fingerprint density at radius 2 is 2.00 bits per heavy atom. The van der Waals surface area contributed by atoms with E-state index in [0.717, 1.165) is 18.9 Å². The van der Waals surface area contributed by atoms with Gasteiger partial charge in [0.2, 0.25) is 0 Å². The molecule has 0 radical (unpaired) electrons. The average molecular weight is 214 g/mol. The first-order chi connectivity index (χ1) is 6.65. The van der Waals surface area contributed by atoms with Crippen molar-refractivity contribution in [3.8, 4) is 0 Å². The Hall–Kier alpha value is -0.830. The molecule has 0 aliphatic rings. The Morgan fingerprint density at radius 1 is 1.36 bits per heavy atom. The van der Waals surface area contributed by atoms with Gasteiger partial charge in [0.1, 0.15) is 0 Å². The Balaban J connectivity index is 2.83. The van der Waals surface area contributed by atoms with Crippen LogP contribution in [-0.2, 0) is 0 Å². The van der Waals surface area contributed by atoms with E-state index in [1.54, 1.807) is 12.4 Å². The molecule has 0 atom stereocenters. The summed E-state index contributed by atoms with van der Waals surface area (Å²) in [5.41, 5.74) is 0. The Morgan fingerprint density at radius 3 is 2.50 bits per heavy atom. The second-order valence-electron chi connectivity index (χ2n) is 3.60. The van der Waals surface area contributed by atoms with Crippen LogP contribution in [0.5, 0.6) is 0 Å². The molecule has 0 aromatic carbocycles. The van der Waals surface area contributed by atoms with Crippen molar-refractivity contribution in [2.75, 3.05) is 18.0 Å². The van der Waals surface area contributed by atoms with Crippen LogP contribution in [0.3, 0.4) is 0 Å².